The third-order valence-electron chi connectivity index (χ3n) is 0.303. The second-order valence-electron chi connectivity index (χ2n) is 2.14. The van der Waals surface area contributed by atoms with Gasteiger partial charge in [0, 0.05) is 5.33 Å². The van der Waals surface area contributed by atoms with E-state index in [2.05, 4.69) is 20.5 Å². The lowest BCUT2D eigenvalue weighted by Crippen LogP contribution is -1.99. The first-order chi connectivity index (χ1) is 5.00. The van der Waals surface area contributed by atoms with Crippen molar-refractivity contribution in [3.63, 3.8) is 0 Å². The summed E-state index contributed by atoms with van der Waals surface area (Å²) >= 11 is 3.02. The number of rotatable bonds is 3. The normalized spacial score (nSPS) is 12.2. The molecule has 0 rings (SSSR count). The first kappa shape index (κ1) is 14.1. The Balaban J connectivity index is 0. The van der Waals surface area contributed by atoms with Gasteiger partial charge in [-0.05, 0) is 21.1 Å². The molecule has 1 N–H and O–H groups in total. The Labute approximate surface area is 76.6 Å². The third kappa shape index (κ3) is 37.1. The Bertz CT molecular complexity index is 99.0. The number of nitrogens with zero attached hydrogens (tertiary/aromatic N) is 1. The van der Waals surface area contributed by atoms with E-state index in [-0.39, 0.29) is 0 Å². The summed E-state index contributed by atoms with van der Waals surface area (Å²) in [5.74, 6) is 0. The molecule has 0 fully saturated rings. The predicted molar refractivity (Wildman–Crippen MR) is 50.6 cm³/mol. The average Bonchev–Trinajstić information content (AvgIpc) is 1.82. The zero-order valence-corrected chi connectivity index (χ0v) is 9.59. The quantitative estimate of drug-likeness (QED) is 0.597. The second kappa shape index (κ2) is 10.6. The van der Waals surface area contributed by atoms with Gasteiger partial charge in [0.15, 0.2) is 0 Å². The number of alkyl halides is 1. The van der Waals surface area contributed by atoms with Crippen LogP contribution < -0.4 is 0 Å². The summed E-state index contributed by atoms with van der Waals surface area (Å²) < 4.78 is 13.9. The van der Waals surface area contributed by atoms with Gasteiger partial charge in [0.25, 0.3) is 0 Å². The highest BCUT2D eigenvalue weighted by atomic mass is 79.9. The highest BCUT2D eigenvalue weighted by Crippen LogP contribution is 2.13. The van der Waals surface area contributed by atoms with E-state index >= 15 is 0 Å². The van der Waals surface area contributed by atoms with Crippen molar-refractivity contribution in [2.45, 2.75) is 0 Å². The van der Waals surface area contributed by atoms with Crippen molar-refractivity contribution in [3.8, 4) is 0 Å². The topological polar surface area (TPSA) is 49.8 Å². The Hall–Kier alpha value is 0.590. The van der Waals surface area contributed by atoms with Crippen LogP contribution in [0.5, 0.6) is 0 Å². The standard InChI is InChI=1S/C3H9N.C2H6BrO3P/c1-4(2)3;3-1-2-6-7(4)5/h1-3H3;7H,1-2H2,(H,4,5). The molecule has 0 aliphatic heterocycles. The lowest BCUT2D eigenvalue weighted by atomic mass is 10.9. The van der Waals surface area contributed by atoms with Gasteiger partial charge in [-0.3, -0.25) is 4.57 Å². The third-order valence-corrected chi connectivity index (χ3v) is 1.08. The molecule has 0 heterocycles. The minimum absolute atomic E-state index is 0.300. The van der Waals surface area contributed by atoms with Gasteiger partial charge in [-0.2, -0.15) is 0 Å². The summed E-state index contributed by atoms with van der Waals surface area (Å²) in [6, 6.07) is 0. The summed E-state index contributed by atoms with van der Waals surface area (Å²) in [6.45, 7) is 0.300. The molecule has 0 radical (unpaired) electrons. The molecule has 0 saturated heterocycles. The molecule has 0 aliphatic rings. The summed E-state index contributed by atoms with van der Waals surface area (Å²) in [6.07, 6.45) is 0. The maximum Gasteiger partial charge on any atom is 0.316 e. The van der Waals surface area contributed by atoms with Gasteiger partial charge in [-0.1, -0.05) is 15.9 Å². The summed E-state index contributed by atoms with van der Waals surface area (Å²) in [4.78, 5) is 9.99. The van der Waals surface area contributed by atoms with E-state index in [0.717, 1.165) is 0 Å². The van der Waals surface area contributed by atoms with E-state index in [4.69, 9.17) is 4.89 Å². The molecule has 4 nitrogen and oxygen atoms in total. The molecule has 0 spiro atoms. The van der Waals surface area contributed by atoms with Gasteiger partial charge in [-0.15, -0.1) is 0 Å². The molecule has 70 valence electrons. The van der Waals surface area contributed by atoms with Gasteiger partial charge in [-0.25, -0.2) is 0 Å². The molecule has 11 heavy (non-hydrogen) atoms. The predicted octanol–water partition coefficient (Wildman–Crippen LogP) is 0.958. The van der Waals surface area contributed by atoms with Crippen LogP contribution in [0.15, 0.2) is 0 Å². The molecule has 0 aliphatic carbocycles. The smallest absolute Gasteiger partial charge is 0.316 e. The van der Waals surface area contributed by atoms with E-state index < -0.39 is 8.25 Å². The fourth-order valence-corrected chi connectivity index (χ4v) is 0.863. The Morgan fingerprint density at radius 2 is 1.91 bits per heavy atom. The first-order valence-electron chi connectivity index (χ1n) is 3.03. The summed E-state index contributed by atoms with van der Waals surface area (Å²) in [5, 5.41) is 0.601. The van der Waals surface area contributed by atoms with Crippen molar-refractivity contribution in [3.05, 3.63) is 0 Å². The highest BCUT2D eigenvalue weighted by molar-refractivity contribution is 9.09. The average molecular weight is 248 g/mol. The minimum Gasteiger partial charge on any atom is -0.326 e. The van der Waals surface area contributed by atoms with Crippen LogP contribution in [0.3, 0.4) is 0 Å². The van der Waals surface area contributed by atoms with Gasteiger partial charge in [0.1, 0.15) is 0 Å². The van der Waals surface area contributed by atoms with Crippen molar-refractivity contribution in [1.29, 1.82) is 0 Å². The second-order valence-corrected chi connectivity index (χ2v) is 3.76. The van der Waals surface area contributed by atoms with Crippen molar-refractivity contribution in [2.75, 3.05) is 33.1 Å². The van der Waals surface area contributed by atoms with Crippen molar-refractivity contribution in [2.24, 2.45) is 0 Å². The van der Waals surface area contributed by atoms with E-state index in [1.807, 2.05) is 26.0 Å². The van der Waals surface area contributed by atoms with Gasteiger partial charge in [0.05, 0.1) is 6.61 Å². The van der Waals surface area contributed by atoms with Crippen molar-refractivity contribution < 1.29 is 14.0 Å². The molecule has 0 saturated carbocycles. The van der Waals surface area contributed by atoms with Crippen LogP contribution in [-0.4, -0.2) is 42.9 Å². The van der Waals surface area contributed by atoms with E-state index in [1.165, 1.54) is 0 Å². The number of halogens is 1. The molecule has 0 aromatic rings. The molecular weight excluding hydrogens is 233 g/mol. The first-order valence-corrected chi connectivity index (χ1v) is 5.41. The molecule has 1 unspecified atom stereocenters. The molecule has 0 aromatic heterocycles. The van der Waals surface area contributed by atoms with Crippen LogP contribution in [-0.2, 0) is 9.09 Å². The van der Waals surface area contributed by atoms with Crippen molar-refractivity contribution in [1.82, 2.24) is 4.90 Å². The van der Waals surface area contributed by atoms with Crippen LogP contribution in [0.4, 0.5) is 0 Å². The van der Waals surface area contributed by atoms with Crippen LogP contribution in [0.25, 0.3) is 0 Å². The molecule has 0 aromatic carbocycles. The molecule has 0 bridgehead atoms. The molecule has 6 heteroatoms. The Morgan fingerprint density at radius 1 is 1.55 bits per heavy atom. The summed E-state index contributed by atoms with van der Waals surface area (Å²) in [5.41, 5.74) is 0. The van der Waals surface area contributed by atoms with E-state index in [1.54, 1.807) is 0 Å². The molecule has 0 amide bonds. The van der Waals surface area contributed by atoms with Crippen molar-refractivity contribution >= 4 is 24.2 Å². The van der Waals surface area contributed by atoms with Gasteiger partial charge in [0.2, 0.25) is 0 Å². The zero-order valence-electron chi connectivity index (χ0n) is 7.00. The van der Waals surface area contributed by atoms with Gasteiger partial charge < -0.3 is 14.3 Å². The van der Waals surface area contributed by atoms with E-state index in [0.29, 0.717) is 11.9 Å². The molecular formula is C5H15BrNO3P. The van der Waals surface area contributed by atoms with Crippen LogP contribution in [0, 0.1) is 0 Å². The SMILES string of the molecule is CN(C)C.O=[PH](O)OCCBr. The van der Waals surface area contributed by atoms with Crippen LogP contribution >= 0.6 is 24.2 Å². The largest absolute Gasteiger partial charge is 0.326 e. The lowest BCUT2D eigenvalue weighted by Gasteiger charge is -1.90. The minimum atomic E-state index is -2.68. The maximum atomic E-state index is 9.70. The number of hydrogen-bond donors (Lipinski definition) is 1. The van der Waals surface area contributed by atoms with E-state index in [9.17, 15) is 4.57 Å². The zero-order chi connectivity index (χ0) is 9.28. The lowest BCUT2D eigenvalue weighted by molar-refractivity contribution is 0.301. The number of hydrogen-bond acceptors (Lipinski definition) is 3. The summed E-state index contributed by atoms with van der Waals surface area (Å²) in [7, 11) is 3.32. The maximum absolute atomic E-state index is 9.70. The monoisotopic (exact) mass is 247 g/mol. The van der Waals surface area contributed by atoms with Gasteiger partial charge >= 0.3 is 8.25 Å². The van der Waals surface area contributed by atoms with Crippen LogP contribution in [0.2, 0.25) is 0 Å². The fourth-order valence-electron chi connectivity index (χ4n) is 0.126. The Kier molecular flexibility index (Phi) is 13.6. The fraction of sp³-hybridized carbons (Fsp3) is 1.00. The Morgan fingerprint density at radius 3 is 2.00 bits per heavy atom. The highest BCUT2D eigenvalue weighted by Gasteiger charge is 1.86. The molecule has 1 atom stereocenters. The van der Waals surface area contributed by atoms with Crippen LogP contribution in [0.1, 0.15) is 0 Å².